The molecule has 1 rings (SSSR count). The van der Waals surface area contributed by atoms with Crippen LogP contribution in [0.3, 0.4) is 0 Å². The molecule has 0 atom stereocenters. The quantitative estimate of drug-likeness (QED) is 0.630. The van der Waals surface area contributed by atoms with Crippen molar-refractivity contribution in [2.45, 2.75) is 13.0 Å². The van der Waals surface area contributed by atoms with Gasteiger partial charge < -0.3 is 0 Å². The Morgan fingerprint density at radius 2 is 2.25 bits per heavy atom. The minimum atomic E-state index is -4.34. The SMILES string of the molecule is O=S(=O)(F)CCCn1cncn1. The second-order valence-electron chi connectivity index (χ2n) is 2.26. The lowest BCUT2D eigenvalue weighted by Gasteiger charge is -1.96. The normalized spacial score (nSPS) is 11.8. The summed E-state index contributed by atoms with van der Waals surface area (Å²) in [5, 5.41) is 3.72. The number of rotatable bonds is 4. The summed E-state index contributed by atoms with van der Waals surface area (Å²) < 4.78 is 33.5. The number of hydrogen-bond acceptors (Lipinski definition) is 4. The highest BCUT2D eigenvalue weighted by Gasteiger charge is 2.05. The Hall–Kier alpha value is -0.980. The van der Waals surface area contributed by atoms with Gasteiger partial charge in [0.25, 0.3) is 0 Å². The van der Waals surface area contributed by atoms with E-state index in [0.717, 1.165) is 0 Å². The molecule has 0 spiro atoms. The molecular weight excluding hydrogens is 185 g/mol. The fourth-order valence-corrected chi connectivity index (χ4v) is 1.22. The standard InChI is InChI=1S/C5H8FN3O2S/c6-12(10,11)3-1-2-9-5-7-4-8-9/h4-5H,1-3H2. The zero-order valence-electron chi connectivity index (χ0n) is 6.22. The van der Waals surface area contributed by atoms with Gasteiger partial charge in [0, 0.05) is 6.54 Å². The largest absolute Gasteiger partial charge is 0.302 e. The number of halogens is 1. The number of hydrogen-bond donors (Lipinski definition) is 0. The Balaban J connectivity index is 2.29. The van der Waals surface area contributed by atoms with Crippen LogP contribution in [0.1, 0.15) is 6.42 Å². The van der Waals surface area contributed by atoms with Gasteiger partial charge in [-0.1, -0.05) is 0 Å². The minimum Gasteiger partial charge on any atom is -0.253 e. The monoisotopic (exact) mass is 193 g/mol. The molecule has 0 bridgehead atoms. The highest BCUT2D eigenvalue weighted by molar-refractivity contribution is 7.86. The van der Waals surface area contributed by atoms with E-state index in [1.165, 1.54) is 17.3 Å². The zero-order valence-corrected chi connectivity index (χ0v) is 7.04. The van der Waals surface area contributed by atoms with Gasteiger partial charge in [-0.2, -0.15) is 13.5 Å². The van der Waals surface area contributed by atoms with Crippen LogP contribution in [-0.4, -0.2) is 28.9 Å². The van der Waals surface area contributed by atoms with E-state index >= 15 is 0 Å². The summed E-state index contributed by atoms with van der Waals surface area (Å²) in [6.07, 6.45) is 3.00. The molecule has 5 nitrogen and oxygen atoms in total. The highest BCUT2D eigenvalue weighted by atomic mass is 32.3. The van der Waals surface area contributed by atoms with Crippen LogP contribution < -0.4 is 0 Å². The lowest BCUT2D eigenvalue weighted by atomic mass is 10.5. The summed E-state index contributed by atoms with van der Waals surface area (Å²) in [7, 11) is -4.34. The molecule has 0 aliphatic heterocycles. The van der Waals surface area contributed by atoms with Crippen LogP contribution in [0.4, 0.5) is 3.89 Å². The van der Waals surface area contributed by atoms with E-state index in [2.05, 4.69) is 10.1 Å². The Kier molecular flexibility index (Phi) is 2.74. The summed E-state index contributed by atoms with van der Waals surface area (Å²) in [6.45, 7) is 0.364. The summed E-state index contributed by atoms with van der Waals surface area (Å²) in [5.41, 5.74) is 0. The Morgan fingerprint density at radius 3 is 2.75 bits per heavy atom. The third-order valence-electron chi connectivity index (χ3n) is 1.24. The van der Waals surface area contributed by atoms with Crippen molar-refractivity contribution < 1.29 is 12.3 Å². The Labute approximate surface area is 69.4 Å². The smallest absolute Gasteiger partial charge is 0.253 e. The van der Waals surface area contributed by atoms with Crippen molar-refractivity contribution in [2.75, 3.05) is 5.75 Å². The van der Waals surface area contributed by atoms with E-state index in [-0.39, 0.29) is 6.42 Å². The minimum absolute atomic E-state index is 0.211. The van der Waals surface area contributed by atoms with E-state index in [0.29, 0.717) is 6.54 Å². The van der Waals surface area contributed by atoms with E-state index in [1.54, 1.807) is 0 Å². The molecule has 12 heavy (non-hydrogen) atoms. The predicted molar refractivity (Wildman–Crippen MR) is 39.5 cm³/mol. The van der Waals surface area contributed by atoms with Crippen LogP contribution in [0.2, 0.25) is 0 Å². The topological polar surface area (TPSA) is 64.8 Å². The van der Waals surface area contributed by atoms with Crippen LogP contribution in [0.25, 0.3) is 0 Å². The summed E-state index contributed by atoms with van der Waals surface area (Å²) in [6, 6.07) is 0. The van der Waals surface area contributed by atoms with E-state index in [1.807, 2.05) is 0 Å². The first-order valence-electron chi connectivity index (χ1n) is 3.33. The van der Waals surface area contributed by atoms with Crippen LogP contribution in [0, 0.1) is 0 Å². The van der Waals surface area contributed by atoms with Crippen molar-refractivity contribution in [2.24, 2.45) is 0 Å². The van der Waals surface area contributed by atoms with Crippen LogP contribution in [-0.2, 0) is 16.8 Å². The van der Waals surface area contributed by atoms with E-state index < -0.39 is 16.0 Å². The molecule has 0 aliphatic carbocycles. The Bertz CT molecular complexity index is 320. The van der Waals surface area contributed by atoms with Crippen LogP contribution in [0.5, 0.6) is 0 Å². The van der Waals surface area contributed by atoms with Gasteiger partial charge in [-0.3, -0.25) is 4.68 Å². The van der Waals surface area contributed by atoms with Crippen molar-refractivity contribution in [3.63, 3.8) is 0 Å². The van der Waals surface area contributed by atoms with E-state index in [4.69, 9.17) is 0 Å². The van der Waals surface area contributed by atoms with Gasteiger partial charge in [0.2, 0.25) is 0 Å². The lowest BCUT2D eigenvalue weighted by Crippen LogP contribution is -2.05. The van der Waals surface area contributed by atoms with Crippen molar-refractivity contribution in [1.29, 1.82) is 0 Å². The van der Waals surface area contributed by atoms with Gasteiger partial charge in [-0.05, 0) is 6.42 Å². The fraction of sp³-hybridized carbons (Fsp3) is 0.600. The van der Waals surface area contributed by atoms with Gasteiger partial charge in [0.05, 0.1) is 5.75 Å². The molecular formula is C5H8FN3O2S. The molecule has 0 N–H and O–H groups in total. The second-order valence-corrected chi connectivity index (χ2v) is 3.74. The highest BCUT2D eigenvalue weighted by Crippen LogP contribution is 1.95. The second kappa shape index (κ2) is 3.61. The summed E-state index contributed by atoms with van der Waals surface area (Å²) >= 11 is 0. The van der Waals surface area contributed by atoms with Crippen molar-refractivity contribution >= 4 is 10.2 Å². The molecule has 1 aromatic heterocycles. The first-order valence-corrected chi connectivity index (χ1v) is 4.88. The van der Waals surface area contributed by atoms with Crippen molar-refractivity contribution in [1.82, 2.24) is 14.8 Å². The van der Waals surface area contributed by atoms with Gasteiger partial charge >= 0.3 is 10.2 Å². The molecule has 0 unspecified atom stereocenters. The maximum Gasteiger partial charge on any atom is 0.302 e. The Morgan fingerprint density at radius 1 is 1.50 bits per heavy atom. The maximum atomic E-state index is 11.9. The molecule has 0 radical (unpaired) electrons. The molecule has 0 saturated carbocycles. The van der Waals surface area contributed by atoms with Gasteiger partial charge in [-0.25, -0.2) is 4.98 Å². The average molecular weight is 193 g/mol. The molecule has 0 aromatic carbocycles. The fourth-order valence-electron chi connectivity index (χ4n) is 0.747. The number of aryl methyl sites for hydroxylation is 1. The van der Waals surface area contributed by atoms with Crippen LogP contribution in [0.15, 0.2) is 12.7 Å². The van der Waals surface area contributed by atoms with Gasteiger partial charge in [-0.15, -0.1) is 3.89 Å². The zero-order chi connectivity index (χ0) is 9.03. The molecule has 68 valence electrons. The van der Waals surface area contributed by atoms with E-state index in [9.17, 15) is 12.3 Å². The molecule has 0 fully saturated rings. The third-order valence-corrected chi connectivity index (χ3v) is 2.02. The lowest BCUT2D eigenvalue weighted by molar-refractivity contribution is 0.538. The average Bonchev–Trinajstić information content (AvgIpc) is 2.36. The maximum absolute atomic E-state index is 11.9. The molecule has 0 saturated heterocycles. The van der Waals surface area contributed by atoms with Gasteiger partial charge in [0.15, 0.2) is 0 Å². The first-order chi connectivity index (χ1) is 5.58. The molecule has 0 amide bonds. The number of nitrogens with zero attached hydrogens (tertiary/aromatic N) is 3. The van der Waals surface area contributed by atoms with Crippen molar-refractivity contribution in [3.05, 3.63) is 12.7 Å². The first kappa shape index (κ1) is 9.11. The number of aromatic nitrogens is 3. The summed E-state index contributed by atoms with van der Waals surface area (Å²) in [4.78, 5) is 3.65. The third kappa shape index (κ3) is 3.42. The molecule has 1 heterocycles. The summed E-state index contributed by atoms with van der Waals surface area (Å²) in [5.74, 6) is -0.465. The molecule has 0 aliphatic rings. The van der Waals surface area contributed by atoms with Gasteiger partial charge in [0.1, 0.15) is 12.7 Å². The molecule has 7 heteroatoms. The predicted octanol–water partition coefficient (Wildman–Crippen LogP) is -0.0325. The van der Waals surface area contributed by atoms with Crippen LogP contribution >= 0.6 is 0 Å². The van der Waals surface area contributed by atoms with Crippen molar-refractivity contribution in [3.8, 4) is 0 Å². The molecule has 1 aromatic rings.